The molecule has 1 aromatic rings. The summed E-state index contributed by atoms with van der Waals surface area (Å²) in [6.45, 7) is 3.10. The van der Waals surface area contributed by atoms with Gasteiger partial charge in [0, 0.05) is 18.0 Å². The summed E-state index contributed by atoms with van der Waals surface area (Å²) in [6, 6.07) is 5.41. The summed E-state index contributed by atoms with van der Waals surface area (Å²) in [5.74, 6) is -0.393. The van der Waals surface area contributed by atoms with Gasteiger partial charge in [0.05, 0.1) is 19.8 Å². The fourth-order valence-corrected chi connectivity index (χ4v) is 2.42. The standard InChI is InChI=1S/C16H20ClNO5/c1-11-9-12(4-5-13(11)17)22-7-2-3-15(19)18-6-8-23-14(10-18)16(20)21/h4-5,9,14H,2-3,6-8,10H2,1H3,(H,20,21)/t14-/m1/s1. The van der Waals surface area contributed by atoms with E-state index in [0.717, 1.165) is 11.3 Å². The van der Waals surface area contributed by atoms with E-state index in [1.807, 2.05) is 13.0 Å². The summed E-state index contributed by atoms with van der Waals surface area (Å²) in [4.78, 5) is 24.5. The van der Waals surface area contributed by atoms with E-state index in [0.29, 0.717) is 31.0 Å². The third-order valence-corrected chi connectivity index (χ3v) is 4.05. The second-order valence-electron chi connectivity index (χ2n) is 5.40. The van der Waals surface area contributed by atoms with Crippen molar-refractivity contribution in [1.29, 1.82) is 0 Å². The van der Waals surface area contributed by atoms with E-state index in [2.05, 4.69) is 0 Å². The Morgan fingerprint density at radius 2 is 2.26 bits per heavy atom. The van der Waals surface area contributed by atoms with E-state index in [9.17, 15) is 9.59 Å². The number of nitrogens with zero attached hydrogens (tertiary/aromatic N) is 1. The lowest BCUT2D eigenvalue weighted by atomic mass is 10.2. The first kappa shape index (κ1) is 17.6. The second-order valence-corrected chi connectivity index (χ2v) is 5.81. The van der Waals surface area contributed by atoms with Crippen molar-refractivity contribution in [3.05, 3.63) is 28.8 Å². The van der Waals surface area contributed by atoms with Gasteiger partial charge < -0.3 is 19.5 Å². The fraction of sp³-hybridized carbons (Fsp3) is 0.500. The third kappa shape index (κ3) is 5.11. The molecule has 0 aromatic heterocycles. The summed E-state index contributed by atoms with van der Waals surface area (Å²) in [7, 11) is 0. The second kappa shape index (κ2) is 8.17. The minimum Gasteiger partial charge on any atom is -0.494 e. The van der Waals surface area contributed by atoms with Crippen LogP contribution in [-0.4, -0.2) is 54.3 Å². The SMILES string of the molecule is Cc1cc(OCCCC(=O)N2CCO[C@@H](C(=O)O)C2)ccc1Cl. The summed E-state index contributed by atoms with van der Waals surface area (Å²) >= 11 is 5.95. The molecule has 7 heteroatoms. The molecular weight excluding hydrogens is 322 g/mol. The molecule has 6 nitrogen and oxygen atoms in total. The van der Waals surface area contributed by atoms with E-state index in [1.165, 1.54) is 4.90 Å². The van der Waals surface area contributed by atoms with Crippen molar-refractivity contribution in [2.24, 2.45) is 0 Å². The highest BCUT2D eigenvalue weighted by atomic mass is 35.5. The number of hydrogen-bond acceptors (Lipinski definition) is 4. The van der Waals surface area contributed by atoms with Crippen molar-refractivity contribution < 1.29 is 24.2 Å². The first-order valence-corrected chi connectivity index (χ1v) is 7.86. The van der Waals surface area contributed by atoms with Crippen LogP contribution < -0.4 is 4.74 Å². The summed E-state index contributed by atoms with van der Waals surface area (Å²) < 4.78 is 10.7. The Morgan fingerprint density at radius 3 is 2.96 bits per heavy atom. The Labute approximate surface area is 139 Å². The predicted molar refractivity (Wildman–Crippen MR) is 84.9 cm³/mol. The van der Waals surface area contributed by atoms with Crippen molar-refractivity contribution in [2.45, 2.75) is 25.9 Å². The zero-order chi connectivity index (χ0) is 16.8. The zero-order valence-corrected chi connectivity index (χ0v) is 13.7. The van der Waals surface area contributed by atoms with Crippen molar-refractivity contribution in [2.75, 3.05) is 26.3 Å². The van der Waals surface area contributed by atoms with Crippen LogP contribution in [0, 0.1) is 6.92 Å². The van der Waals surface area contributed by atoms with Gasteiger partial charge in [0.15, 0.2) is 6.10 Å². The van der Waals surface area contributed by atoms with Gasteiger partial charge >= 0.3 is 5.97 Å². The maximum atomic E-state index is 12.1. The van der Waals surface area contributed by atoms with Gasteiger partial charge in [-0.3, -0.25) is 4.79 Å². The lowest BCUT2D eigenvalue weighted by molar-refractivity contribution is -0.159. The van der Waals surface area contributed by atoms with Gasteiger partial charge in [-0.05, 0) is 37.1 Å². The highest BCUT2D eigenvalue weighted by Crippen LogP contribution is 2.21. The van der Waals surface area contributed by atoms with Gasteiger partial charge in [0.1, 0.15) is 5.75 Å². The molecule has 126 valence electrons. The van der Waals surface area contributed by atoms with Crippen LogP contribution >= 0.6 is 11.6 Å². The number of aryl methyl sites for hydroxylation is 1. The molecule has 1 aliphatic rings. The highest BCUT2D eigenvalue weighted by molar-refractivity contribution is 6.31. The van der Waals surface area contributed by atoms with Crippen molar-refractivity contribution in [1.82, 2.24) is 4.90 Å². The molecule has 0 aliphatic carbocycles. The van der Waals surface area contributed by atoms with Gasteiger partial charge in [0.25, 0.3) is 0 Å². The van der Waals surface area contributed by atoms with Crippen LogP contribution in [0.25, 0.3) is 0 Å². The van der Waals surface area contributed by atoms with E-state index in [-0.39, 0.29) is 19.1 Å². The number of morpholine rings is 1. The number of aliphatic carboxylic acids is 1. The number of carbonyl (C=O) groups excluding carboxylic acids is 1. The normalized spacial score (nSPS) is 17.8. The molecule has 0 spiro atoms. The van der Waals surface area contributed by atoms with Crippen LogP contribution in [0.2, 0.25) is 5.02 Å². The molecule has 0 bridgehead atoms. The Hall–Kier alpha value is -1.79. The minimum absolute atomic E-state index is 0.0737. The number of rotatable bonds is 6. The van der Waals surface area contributed by atoms with Crippen LogP contribution in [-0.2, 0) is 14.3 Å². The van der Waals surface area contributed by atoms with Gasteiger partial charge in [-0.15, -0.1) is 0 Å². The topological polar surface area (TPSA) is 76.1 Å². The molecular formula is C16H20ClNO5. The van der Waals surface area contributed by atoms with Crippen LogP contribution in [0.4, 0.5) is 0 Å². The molecule has 1 saturated heterocycles. The lowest BCUT2D eigenvalue weighted by Crippen LogP contribution is -2.48. The molecule has 1 atom stereocenters. The number of carbonyl (C=O) groups is 2. The first-order chi connectivity index (χ1) is 11.0. The van der Waals surface area contributed by atoms with Gasteiger partial charge in [-0.1, -0.05) is 11.6 Å². The smallest absolute Gasteiger partial charge is 0.334 e. The quantitative estimate of drug-likeness (QED) is 0.802. The fourth-order valence-electron chi connectivity index (χ4n) is 2.30. The van der Waals surface area contributed by atoms with E-state index in [4.69, 9.17) is 26.2 Å². The van der Waals surface area contributed by atoms with Crippen molar-refractivity contribution in [3.8, 4) is 5.75 Å². The number of benzene rings is 1. The maximum absolute atomic E-state index is 12.1. The zero-order valence-electron chi connectivity index (χ0n) is 13.0. The molecule has 1 amide bonds. The van der Waals surface area contributed by atoms with Crippen LogP contribution in [0.1, 0.15) is 18.4 Å². The van der Waals surface area contributed by atoms with E-state index in [1.54, 1.807) is 12.1 Å². The highest BCUT2D eigenvalue weighted by Gasteiger charge is 2.28. The number of ether oxygens (including phenoxy) is 2. The maximum Gasteiger partial charge on any atom is 0.334 e. The molecule has 23 heavy (non-hydrogen) atoms. The average molecular weight is 342 g/mol. The molecule has 1 heterocycles. The number of carboxylic acid groups (broad SMARTS) is 1. The van der Waals surface area contributed by atoms with Crippen molar-refractivity contribution in [3.63, 3.8) is 0 Å². The Kier molecular flexibility index (Phi) is 6.24. The molecule has 0 saturated carbocycles. The molecule has 1 fully saturated rings. The van der Waals surface area contributed by atoms with E-state index >= 15 is 0 Å². The third-order valence-electron chi connectivity index (χ3n) is 3.63. The number of hydrogen-bond donors (Lipinski definition) is 1. The van der Waals surface area contributed by atoms with Gasteiger partial charge in [-0.2, -0.15) is 0 Å². The van der Waals surface area contributed by atoms with Crippen LogP contribution in [0.15, 0.2) is 18.2 Å². The molecule has 0 radical (unpaired) electrons. The van der Waals surface area contributed by atoms with Crippen LogP contribution in [0.3, 0.4) is 0 Å². The average Bonchev–Trinajstić information content (AvgIpc) is 2.54. The van der Waals surface area contributed by atoms with E-state index < -0.39 is 12.1 Å². The molecule has 1 aliphatic heterocycles. The summed E-state index contributed by atoms with van der Waals surface area (Å²) in [5, 5.41) is 9.62. The number of halogens is 1. The number of amides is 1. The molecule has 1 N–H and O–H groups in total. The minimum atomic E-state index is -1.04. The monoisotopic (exact) mass is 341 g/mol. The summed E-state index contributed by atoms with van der Waals surface area (Å²) in [6.07, 6.45) is -0.0462. The first-order valence-electron chi connectivity index (χ1n) is 7.48. The Morgan fingerprint density at radius 1 is 1.48 bits per heavy atom. The Balaban J connectivity index is 1.72. The number of carboxylic acids is 1. The van der Waals surface area contributed by atoms with Crippen LogP contribution in [0.5, 0.6) is 5.75 Å². The van der Waals surface area contributed by atoms with Gasteiger partial charge in [-0.25, -0.2) is 4.79 Å². The van der Waals surface area contributed by atoms with Crippen molar-refractivity contribution >= 4 is 23.5 Å². The molecule has 2 rings (SSSR count). The molecule has 1 aromatic carbocycles. The summed E-state index contributed by atoms with van der Waals surface area (Å²) in [5.41, 5.74) is 0.938. The largest absolute Gasteiger partial charge is 0.494 e. The lowest BCUT2D eigenvalue weighted by Gasteiger charge is -2.30. The Bertz CT molecular complexity index is 578. The van der Waals surface area contributed by atoms with Gasteiger partial charge in [0.2, 0.25) is 5.91 Å². The molecule has 0 unspecified atom stereocenters. The predicted octanol–water partition coefficient (Wildman–Crippen LogP) is 2.12.